The topological polar surface area (TPSA) is 54.5 Å². The minimum atomic E-state index is -0.592. The van der Waals surface area contributed by atoms with Crippen molar-refractivity contribution in [3.63, 3.8) is 0 Å². The Labute approximate surface area is 184 Å². The maximum absolute atomic E-state index is 15.1. The van der Waals surface area contributed by atoms with E-state index in [0.29, 0.717) is 11.4 Å². The summed E-state index contributed by atoms with van der Waals surface area (Å²) in [6.45, 7) is 16.9. The zero-order chi connectivity index (χ0) is 23.1. The lowest BCUT2D eigenvalue weighted by Crippen LogP contribution is -2.20. The Morgan fingerprint density at radius 2 is 1.55 bits per heavy atom. The summed E-state index contributed by atoms with van der Waals surface area (Å²) in [4.78, 5) is 4.15. The molecule has 2 heterocycles. The molecule has 3 aromatic rings. The molecule has 0 atom stereocenters. The van der Waals surface area contributed by atoms with Gasteiger partial charge >= 0.3 is 0 Å². The van der Waals surface area contributed by atoms with Crippen LogP contribution in [0.4, 0.5) is 4.39 Å². The molecule has 0 amide bonds. The third-order valence-electron chi connectivity index (χ3n) is 5.43. The largest absolute Gasteiger partial charge is 0.239 e. The molecule has 0 aliphatic rings. The van der Waals surface area contributed by atoms with E-state index < -0.39 is 5.95 Å². The predicted molar refractivity (Wildman–Crippen MR) is 123 cm³/mol. The molecule has 0 unspecified atom stereocenters. The summed E-state index contributed by atoms with van der Waals surface area (Å²) in [5.41, 5.74) is 4.79. The lowest BCUT2D eigenvalue weighted by Gasteiger charge is -2.30. The van der Waals surface area contributed by atoms with Crippen molar-refractivity contribution in [1.82, 2.24) is 14.8 Å². The maximum atomic E-state index is 15.1. The molecule has 0 bridgehead atoms. The fourth-order valence-corrected chi connectivity index (χ4v) is 3.80. The van der Waals surface area contributed by atoms with Gasteiger partial charge in [0, 0.05) is 17.3 Å². The molecule has 0 fully saturated rings. The molecule has 0 aliphatic carbocycles. The number of aromatic nitrogens is 3. The number of nitrogens with zero attached hydrogens (tertiary/aromatic N) is 4. The first kappa shape index (κ1) is 22.7. The van der Waals surface area contributed by atoms with Gasteiger partial charge in [0.2, 0.25) is 5.95 Å². The summed E-state index contributed by atoms with van der Waals surface area (Å²) >= 11 is 0. The number of hydrogen-bond acceptors (Lipinski definition) is 3. The van der Waals surface area contributed by atoms with Gasteiger partial charge in [0.1, 0.15) is 11.8 Å². The van der Waals surface area contributed by atoms with Crippen LogP contribution in [0.25, 0.3) is 16.9 Å². The summed E-state index contributed by atoms with van der Waals surface area (Å²) in [7, 11) is 0. The molecular weight excluding hydrogens is 387 g/mol. The van der Waals surface area contributed by atoms with E-state index in [1.165, 1.54) is 4.68 Å². The quantitative estimate of drug-likeness (QED) is 0.447. The van der Waals surface area contributed by atoms with E-state index in [1.54, 1.807) is 12.1 Å². The van der Waals surface area contributed by atoms with E-state index >= 15 is 4.39 Å². The van der Waals surface area contributed by atoms with Crippen molar-refractivity contribution in [2.75, 3.05) is 0 Å². The lowest BCUT2D eigenvalue weighted by molar-refractivity contribution is 0.556. The van der Waals surface area contributed by atoms with Gasteiger partial charge in [-0.05, 0) is 40.0 Å². The molecule has 0 saturated carbocycles. The van der Waals surface area contributed by atoms with Crippen LogP contribution >= 0.6 is 0 Å². The van der Waals surface area contributed by atoms with E-state index in [2.05, 4.69) is 75.9 Å². The number of nitriles is 1. The molecule has 5 heteroatoms. The van der Waals surface area contributed by atoms with Crippen LogP contribution in [0, 0.1) is 17.3 Å². The lowest BCUT2D eigenvalue weighted by atomic mass is 9.75. The molecule has 0 spiro atoms. The van der Waals surface area contributed by atoms with Crippen molar-refractivity contribution < 1.29 is 4.39 Å². The summed E-state index contributed by atoms with van der Waals surface area (Å²) in [5.74, 6) is -0.477. The number of hydrogen-bond donors (Lipinski definition) is 0. The SMILES string of the molecule is CC(C)c1ccc(-n2nc(C#N)cc2-c2c(C(C)(C)C)cccc2C(C)(C)C)c(F)n1. The molecule has 31 heavy (non-hydrogen) atoms. The highest BCUT2D eigenvalue weighted by atomic mass is 19.1. The highest BCUT2D eigenvalue weighted by Gasteiger charge is 2.29. The van der Waals surface area contributed by atoms with Crippen molar-refractivity contribution >= 4 is 0 Å². The van der Waals surface area contributed by atoms with Crippen molar-refractivity contribution in [1.29, 1.82) is 5.26 Å². The predicted octanol–water partition coefficient (Wildman–Crippen LogP) is 6.66. The smallest absolute Gasteiger partial charge is 0.227 e. The number of halogens is 1. The Kier molecular flexibility index (Phi) is 5.80. The fraction of sp³-hybridized carbons (Fsp3) is 0.423. The van der Waals surface area contributed by atoms with E-state index in [-0.39, 0.29) is 28.1 Å². The van der Waals surface area contributed by atoms with Gasteiger partial charge in [0.05, 0.1) is 5.69 Å². The molecule has 1 aromatic carbocycles. The van der Waals surface area contributed by atoms with Crippen molar-refractivity contribution in [3.8, 4) is 23.0 Å². The standard InChI is InChI=1S/C26H31FN4/c1-16(2)20-12-13-21(24(27)29-20)31-22(14-17(15-28)30-31)23-18(25(3,4)5)10-9-11-19(23)26(6,7)8/h9-14,16H,1-8H3. The van der Waals surface area contributed by atoms with Crippen LogP contribution in [0.5, 0.6) is 0 Å². The monoisotopic (exact) mass is 418 g/mol. The number of pyridine rings is 1. The van der Waals surface area contributed by atoms with E-state index in [0.717, 1.165) is 16.7 Å². The number of rotatable bonds is 3. The zero-order valence-electron chi connectivity index (χ0n) is 19.7. The van der Waals surface area contributed by atoms with Gasteiger partial charge in [-0.15, -0.1) is 0 Å². The van der Waals surface area contributed by atoms with Gasteiger partial charge in [-0.25, -0.2) is 9.67 Å². The second-order valence-corrected chi connectivity index (χ2v) is 10.4. The third-order valence-corrected chi connectivity index (χ3v) is 5.43. The fourth-order valence-electron chi connectivity index (χ4n) is 3.80. The summed E-state index contributed by atoms with van der Waals surface area (Å²) < 4.78 is 16.7. The molecule has 0 saturated heterocycles. The van der Waals surface area contributed by atoms with Crippen molar-refractivity contribution in [2.45, 2.75) is 72.1 Å². The highest BCUT2D eigenvalue weighted by molar-refractivity contribution is 5.73. The van der Waals surface area contributed by atoms with E-state index in [4.69, 9.17) is 0 Å². The summed E-state index contributed by atoms with van der Waals surface area (Å²) in [6, 6.07) is 13.7. The van der Waals surface area contributed by atoms with Crippen LogP contribution in [0.2, 0.25) is 0 Å². The van der Waals surface area contributed by atoms with Gasteiger partial charge in [0.15, 0.2) is 5.69 Å². The molecule has 0 aliphatic heterocycles. The van der Waals surface area contributed by atoms with Gasteiger partial charge in [-0.1, -0.05) is 73.6 Å². The minimum Gasteiger partial charge on any atom is -0.227 e. The van der Waals surface area contributed by atoms with Gasteiger partial charge in [-0.3, -0.25) is 0 Å². The van der Waals surface area contributed by atoms with Crippen LogP contribution in [0.1, 0.15) is 83.8 Å². The Bertz CT molecular complexity index is 1120. The average molecular weight is 419 g/mol. The first-order chi connectivity index (χ1) is 14.3. The molecule has 3 rings (SSSR count). The zero-order valence-corrected chi connectivity index (χ0v) is 19.7. The van der Waals surface area contributed by atoms with Crippen molar-refractivity contribution in [3.05, 3.63) is 64.9 Å². The molecule has 4 nitrogen and oxygen atoms in total. The summed E-state index contributed by atoms with van der Waals surface area (Å²) in [6.07, 6.45) is 0. The highest BCUT2D eigenvalue weighted by Crippen LogP contribution is 2.41. The first-order valence-electron chi connectivity index (χ1n) is 10.7. The maximum Gasteiger partial charge on any atom is 0.239 e. The molecular formula is C26H31FN4. The normalized spacial score (nSPS) is 12.3. The minimum absolute atomic E-state index is 0.115. The van der Waals surface area contributed by atoms with Crippen LogP contribution in [0.3, 0.4) is 0 Å². The van der Waals surface area contributed by atoms with Gasteiger partial charge in [0.25, 0.3) is 0 Å². The Hall–Kier alpha value is -3.00. The number of benzene rings is 1. The second kappa shape index (κ2) is 7.92. The van der Waals surface area contributed by atoms with E-state index in [1.807, 2.05) is 19.9 Å². The molecule has 162 valence electrons. The van der Waals surface area contributed by atoms with Crippen LogP contribution in [-0.4, -0.2) is 14.8 Å². The van der Waals surface area contributed by atoms with E-state index in [9.17, 15) is 5.26 Å². The van der Waals surface area contributed by atoms with Crippen LogP contribution in [0.15, 0.2) is 36.4 Å². The Balaban J connectivity index is 2.39. The Morgan fingerprint density at radius 1 is 0.968 bits per heavy atom. The van der Waals surface area contributed by atoms with Gasteiger partial charge < -0.3 is 0 Å². The van der Waals surface area contributed by atoms with Gasteiger partial charge in [-0.2, -0.15) is 14.8 Å². The molecule has 0 radical (unpaired) electrons. The molecule has 0 N–H and O–H groups in total. The molecule has 2 aromatic heterocycles. The average Bonchev–Trinajstić information content (AvgIpc) is 3.09. The van der Waals surface area contributed by atoms with Crippen LogP contribution in [-0.2, 0) is 10.8 Å². The Morgan fingerprint density at radius 3 is 2.00 bits per heavy atom. The first-order valence-corrected chi connectivity index (χ1v) is 10.7. The third kappa shape index (κ3) is 4.39. The second-order valence-electron chi connectivity index (χ2n) is 10.4. The summed E-state index contributed by atoms with van der Waals surface area (Å²) in [5, 5.41) is 14.0. The van der Waals surface area contributed by atoms with Crippen molar-refractivity contribution in [2.24, 2.45) is 0 Å². The van der Waals surface area contributed by atoms with Crippen LogP contribution < -0.4 is 0 Å².